The third kappa shape index (κ3) is 3.34. The van der Waals surface area contributed by atoms with Gasteiger partial charge in [-0.3, -0.25) is 9.59 Å². The van der Waals surface area contributed by atoms with Crippen LogP contribution in [0, 0.1) is 5.82 Å². The Bertz CT molecular complexity index is 418. The van der Waals surface area contributed by atoms with Crippen LogP contribution in [0.3, 0.4) is 0 Å². The first-order chi connectivity index (χ1) is 7.52. The summed E-state index contributed by atoms with van der Waals surface area (Å²) >= 11 is 0. The maximum atomic E-state index is 13.4. The van der Waals surface area contributed by atoms with Gasteiger partial charge in [0, 0.05) is 6.92 Å². The second kappa shape index (κ2) is 5.25. The predicted octanol–water partition coefficient (Wildman–Crippen LogP) is 1.50. The number of carbonyl (C=O) groups excluding carboxylic acids is 2. The number of ether oxygens (including phenoxy) is 1. The van der Waals surface area contributed by atoms with Gasteiger partial charge in [0.1, 0.15) is 5.82 Å². The Morgan fingerprint density at radius 1 is 1.44 bits per heavy atom. The van der Waals surface area contributed by atoms with E-state index in [0.717, 1.165) is 0 Å². The Morgan fingerprint density at radius 2 is 2.12 bits per heavy atom. The Labute approximate surface area is 92.4 Å². The Kier molecular flexibility index (Phi) is 3.99. The fraction of sp³-hybridized carbons (Fsp3) is 0.273. The van der Waals surface area contributed by atoms with E-state index in [4.69, 9.17) is 0 Å². The molecule has 0 bridgehead atoms. The lowest BCUT2D eigenvalue weighted by atomic mass is 10.1. The van der Waals surface area contributed by atoms with Crippen molar-refractivity contribution in [3.63, 3.8) is 0 Å². The molecule has 0 saturated heterocycles. The molecule has 86 valence electrons. The third-order valence-corrected chi connectivity index (χ3v) is 1.92. The first-order valence-electron chi connectivity index (χ1n) is 4.65. The molecule has 0 aliphatic carbocycles. The standard InChI is InChI=1S/C11H12FNO3/c1-7(14)13-10-4-3-8(5-9(10)12)6-11(15)16-2/h3-5H,6H2,1-2H3,(H,13,14). The molecule has 1 aromatic carbocycles. The van der Waals surface area contributed by atoms with E-state index >= 15 is 0 Å². The van der Waals surface area contributed by atoms with Crippen LogP contribution in [-0.2, 0) is 20.7 Å². The molecule has 4 nitrogen and oxygen atoms in total. The molecule has 1 aromatic rings. The van der Waals surface area contributed by atoms with Crippen LogP contribution in [0.1, 0.15) is 12.5 Å². The number of benzene rings is 1. The number of nitrogens with one attached hydrogen (secondary N) is 1. The topological polar surface area (TPSA) is 55.4 Å². The zero-order valence-corrected chi connectivity index (χ0v) is 9.04. The molecule has 1 rings (SSSR count). The number of carbonyl (C=O) groups is 2. The van der Waals surface area contributed by atoms with Crippen molar-refractivity contribution in [3.05, 3.63) is 29.6 Å². The Morgan fingerprint density at radius 3 is 2.62 bits per heavy atom. The number of anilines is 1. The lowest BCUT2D eigenvalue weighted by Crippen LogP contribution is -2.09. The highest BCUT2D eigenvalue weighted by molar-refractivity contribution is 5.88. The Balaban J connectivity index is 2.82. The normalized spacial score (nSPS) is 9.69. The molecule has 0 aliphatic rings. The summed E-state index contributed by atoms with van der Waals surface area (Å²) in [7, 11) is 1.27. The lowest BCUT2D eigenvalue weighted by Gasteiger charge is -2.05. The van der Waals surface area contributed by atoms with Crippen LogP contribution < -0.4 is 5.32 Å². The molecule has 1 N–H and O–H groups in total. The van der Waals surface area contributed by atoms with Crippen LogP contribution >= 0.6 is 0 Å². The Hall–Kier alpha value is -1.91. The van der Waals surface area contributed by atoms with Gasteiger partial charge in [0.25, 0.3) is 0 Å². The van der Waals surface area contributed by atoms with Crippen molar-refractivity contribution < 1.29 is 18.7 Å². The van der Waals surface area contributed by atoms with Crippen molar-refractivity contribution in [1.29, 1.82) is 0 Å². The smallest absolute Gasteiger partial charge is 0.309 e. The number of hydrogen-bond acceptors (Lipinski definition) is 3. The van der Waals surface area contributed by atoms with E-state index in [1.807, 2.05) is 0 Å². The van der Waals surface area contributed by atoms with Crippen molar-refractivity contribution in [2.75, 3.05) is 12.4 Å². The molecule has 0 atom stereocenters. The minimum atomic E-state index is -0.573. The highest BCUT2D eigenvalue weighted by Gasteiger charge is 2.08. The van der Waals surface area contributed by atoms with Gasteiger partial charge < -0.3 is 10.1 Å². The fourth-order valence-electron chi connectivity index (χ4n) is 1.20. The summed E-state index contributed by atoms with van der Waals surface area (Å²) in [4.78, 5) is 21.7. The molecule has 0 spiro atoms. The van der Waals surface area contributed by atoms with E-state index in [1.165, 1.54) is 26.2 Å². The maximum Gasteiger partial charge on any atom is 0.309 e. The van der Waals surface area contributed by atoms with E-state index in [9.17, 15) is 14.0 Å². The summed E-state index contributed by atoms with van der Waals surface area (Å²) in [5, 5.41) is 2.34. The summed E-state index contributed by atoms with van der Waals surface area (Å²) in [5.74, 6) is -1.36. The van der Waals surface area contributed by atoms with E-state index in [2.05, 4.69) is 10.1 Å². The van der Waals surface area contributed by atoms with Crippen LogP contribution in [0.4, 0.5) is 10.1 Å². The van der Waals surface area contributed by atoms with Crippen LogP contribution in [0.5, 0.6) is 0 Å². The van der Waals surface area contributed by atoms with Crippen LogP contribution in [0.2, 0.25) is 0 Å². The highest BCUT2D eigenvalue weighted by atomic mass is 19.1. The average molecular weight is 225 g/mol. The largest absolute Gasteiger partial charge is 0.469 e. The number of hydrogen-bond donors (Lipinski definition) is 1. The van der Waals surface area contributed by atoms with Crippen molar-refractivity contribution in [2.45, 2.75) is 13.3 Å². The lowest BCUT2D eigenvalue weighted by molar-refractivity contribution is -0.139. The minimum Gasteiger partial charge on any atom is -0.469 e. The molecular formula is C11H12FNO3. The molecule has 0 unspecified atom stereocenters. The van der Waals surface area contributed by atoms with Crippen LogP contribution in [0.15, 0.2) is 18.2 Å². The molecule has 0 radical (unpaired) electrons. The first-order valence-corrected chi connectivity index (χ1v) is 4.65. The first kappa shape index (κ1) is 12.2. The van der Waals surface area contributed by atoms with Gasteiger partial charge in [-0.15, -0.1) is 0 Å². The summed E-state index contributed by atoms with van der Waals surface area (Å²) < 4.78 is 17.9. The predicted molar refractivity (Wildman–Crippen MR) is 56.4 cm³/mol. The number of amides is 1. The fourth-order valence-corrected chi connectivity index (χ4v) is 1.20. The van der Waals surface area contributed by atoms with Gasteiger partial charge in [-0.1, -0.05) is 6.07 Å². The van der Waals surface area contributed by atoms with Crippen molar-refractivity contribution in [3.8, 4) is 0 Å². The number of rotatable bonds is 3. The number of halogens is 1. The number of esters is 1. The molecule has 16 heavy (non-hydrogen) atoms. The summed E-state index contributed by atoms with van der Waals surface area (Å²) in [6.45, 7) is 1.29. The summed E-state index contributed by atoms with van der Waals surface area (Å²) in [5.41, 5.74) is 0.597. The van der Waals surface area contributed by atoms with Gasteiger partial charge in [0.2, 0.25) is 5.91 Å². The quantitative estimate of drug-likeness (QED) is 0.793. The van der Waals surface area contributed by atoms with Gasteiger partial charge >= 0.3 is 5.97 Å². The zero-order chi connectivity index (χ0) is 12.1. The molecule has 5 heteroatoms. The second-order valence-corrected chi connectivity index (χ2v) is 3.25. The monoisotopic (exact) mass is 225 g/mol. The zero-order valence-electron chi connectivity index (χ0n) is 9.04. The van der Waals surface area contributed by atoms with Gasteiger partial charge in [-0.2, -0.15) is 0 Å². The van der Waals surface area contributed by atoms with Crippen LogP contribution in [0.25, 0.3) is 0 Å². The molecule has 0 aliphatic heterocycles. The third-order valence-electron chi connectivity index (χ3n) is 1.92. The summed E-state index contributed by atoms with van der Waals surface area (Å²) in [6, 6.07) is 4.17. The molecule has 0 aromatic heterocycles. The molecular weight excluding hydrogens is 213 g/mol. The van der Waals surface area contributed by atoms with Crippen LogP contribution in [-0.4, -0.2) is 19.0 Å². The van der Waals surface area contributed by atoms with Gasteiger partial charge in [0.05, 0.1) is 19.2 Å². The van der Waals surface area contributed by atoms with Gasteiger partial charge in [0.15, 0.2) is 0 Å². The van der Waals surface area contributed by atoms with E-state index < -0.39 is 11.8 Å². The van der Waals surface area contributed by atoms with Crippen molar-refractivity contribution in [1.82, 2.24) is 0 Å². The van der Waals surface area contributed by atoms with Crippen molar-refractivity contribution in [2.24, 2.45) is 0 Å². The average Bonchev–Trinajstić information content (AvgIpc) is 2.21. The number of methoxy groups -OCH3 is 1. The van der Waals surface area contributed by atoms with E-state index in [-0.39, 0.29) is 18.0 Å². The molecule has 0 saturated carbocycles. The highest BCUT2D eigenvalue weighted by Crippen LogP contribution is 2.16. The molecule has 0 fully saturated rings. The summed E-state index contributed by atoms with van der Waals surface area (Å²) in [6.07, 6.45) is 0.00771. The van der Waals surface area contributed by atoms with Gasteiger partial charge in [-0.25, -0.2) is 4.39 Å². The van der Waals surface area contributed by atoms with E-state index in [0.29, 0.717) is 5.56 Å². The van der Waals surface area contributed by atoms with Gasteiger partial charge in [-0.05, 0) is 17.7 Å². The van der Waals surface area contributed by atoms with E-state index in [1.54, 1.807) is 6.07 Å². The SMILES string of the molecule is COC(=O)Cc1ccc(NC(C)=O)c(F)c1. The maximum absolute atomic E-state index is 13.4. The second-order valence-electron chi connectivity index (χ2n) is 3.25. The van der Waals surface area contributed by atoms with Crippen molar-refractivity contribution >= 4 is 17.6 Å². The minimum absolute atomic E-state index is 0.00771. The molecule has 0 heterocycles. The molecule has 1 amide bonds.